The Kier molecular flexibility index (Phi) is 4.91. The number of hydrogen-bond acceptors (Lipinski definition) is 6. The van der Waals surface area contributed by atoms with Crippen molar-refractivity contribution in [3.8, 4) is 0 Å². The van der Waals surface area contributed by atoms with Crippen LogP contribution in [0.3, 0.4) is 0 Å². The number of rotatable bonds is 5. The van der Waals surface area contributed by atoms with E-state index in [0.717, 1.165) is 4.88 Å². The molecule has 0 aliphatic carbocycles. The van der Waals surface area contributed by atoms with Crippen molar-refractivity contribution in [1.29, 1.82) is 0 Å². The maximum atomic E-state index is 12.9. The first kappa shape index (κ1) is 17.2. The standard InChI is InChI=1S/C17H19N5O2S/c1-11-13(15(23)20-12-5-4-6-18-9-12)14-16(25-11)19-10-22(17(14)24)8-7-21(2)3/h4-6,9-10H,7-8H2,1-3H3,(H,20,23). The Labute approximate surface area is 149 Å². The fourth-order valence-electron chi connectivity index (χ4n) is 2.51. The molecule has 0 aliphatic rings. The van der Waals surface area contributed by atoms with E-state index in [9.17, 15) is 9.59 Å². The Bertz CT molecular complexity index is 962. The van der Waals surface area contributed by atoms with Crippen molar-refractivity contribution in [1.82, 2.24) is 19.4 Å². The predicted octanol–water partition coefficient (Wildman–Crippen LogP) is 1.98. The summed E-state index contributed by atoms with van der Waals surface area (Å²) in [6, 6.07) is 3.49. The minimum atomic E-state index is -0.319. The average molecular weight is 357 g/mol. The number of thiophene rings is 1. The van der Waals surface area contributed by atoms with Gasteiger partial charge in [0.2, 0.25) is 0 Å². The Morgan fingerprint density at radius 1 is 1.40 bits per heavy atom. The number of hydrogen-bond donors (Lipinski definition) is 1. The van der Waals surface area contributed by atoms with E-state index < -0.39 is 0 Å². The number of pyridine rings is 1. The van der Waals surface area contributed by atoms with E-state index in [0.29, 0.717) is 34.6 Å². The molecule has 0 radical (unpaired) electrons. The summed E-state index contributed by atoms with van der Waals surface area (Å²) >= 11 is 1.35. The van der Waals surface area contributed by atoms with Gasteiger partial charge in [-0.3, -0.25) is 19.1 Å². The number of fused-ring (bicyclic) bond motifs is 1. The van der Waals surface area contributed by atoms with Gasteiger partial charge in [0.05, 0.1) is 29.2 Å². The van der Waals surface area contributed by atoms with Gasteiger partial charge in [0.25, 0.3) is 11.5 Å². The lowest BCUT2D eigenvalue weighted by molar-refractivity contribution is 0.102. The summed E-state index contributed by atoms with van der Waals surface area (Å²) in [4.78, 5) is 37.3. The Hall–Kier alpha value is -2.58. The molecule has 0 saturated carbocycles. The molecule has 3 aromatic heterocycles. The molecule has 0 fully saturated rings. The fourth-order valence-corrected chi connectivity index (χ4v) is 3.49. The van der Waals surface area contributed by atoms with Crippen LogP contribution < -0.4 is 10.9 Å². The van der Waals surface area contributed by atoms with Crippen molar-refractivity contribution < 1.29 is 4.79 Å². The van der Waals surface area contributed by atoms with Crippen LogP contribution in [0.15, 0.2) is 35.6 Å². The minimum Gasteiger partial charge on any atom is -0.321 e. The molecule has 1 N–H and O–H groups in total. The molecule has 0 aromatic carbocycles. The number of carbonyl (C=O) groups is 1. The predicted molar refractivity (Wildman–Crippen MR) is 99.4 cm³/mol. The quantitative estimate of drug-likeness (QED) is 0.755. The van der Waals surface area contributed by atoms with Gasteiger partial charge in [-0.15, -0.1) is 11.3 Å². The van der Waals surface area contributed by atoms with Crippen LogP contribution in [-0.2, 0) is 6.54 Å². The molecular formula is C17H19N5O2S. The van der Waals surface area contributed by atoms with Crippen molar-refractivity contribution in [3.63, 3.8) is 0 Å². The Morgan fingerprint density at radius 2 is 2.20 bits per heavy atom. The molecule has 25 heavy (non-hydrogen) atoms. The van der Waals surface area contributed by atoms with E-state index in [4.69, 9.17) is 0 Å². The zero-order valence-electron chi connectivity index (χ0n) is 14.3. The SMILES string of the molecule is Cc1sc2ncn(CCN(C)C)c(=O)c2c1C(=O)Nc1cccnc1. The fraction of sp³-hybridized carbons (Fsp3) is 0.294. The van der Waals surface area contributed by atoms with Gasteiger partial charge in [-0.2, -0.15) is 0 Å². The highest BCUT2D eigenvalue weighted by Crippen LogP contribution is 2.27. The van der Waals surface area contributed by atoms with Crippen LogP contribution >= 0.6 is 11.3 Å². The summed E-state index contributed by atoms with van der Waals surface area (Å²) in [6.07, 6.45) is 4.75. The Morgan fingerprint density at radius 3 is 2.88 bits per heavy atom. The zero-order chi connectivity index (χ0) is 18.0. The lowest BCUT2D eigenvalue weighted by Crippen LogP contribution is -2.27. The first-order valence-electron chi connectivity index (χ1n) is 7.82. The lowest BCUT2D eigenvalue weighted by Gasteiger charge is -2.11. The van der Waals surface area contributed by atoms with Crippen molar-refractivity contribution in [2.45, 2.75) is 13.5 Å². The highest BCUT2D eigenvalue weighted by Gasteiger charge is 2.21. The van der Waals surface area contributed by atoms with E-state index >= 15 is 0 Å². The first-order chi connectivity index (χ1) is 12.0. The van der Waals surface area contributed by atoms with Gasteiger partial charge in [-0.05, 0) is 33.2 Å². The van der Waals surface area contributed by atoms with E-state index in [1.54, 1.807) is 35.4 Å². The summed E-state index contributed by atoms with van der Waals surface area (Å²) < 4.78 is 1.55. The molecule has 0 bridgehead atoms. The number of nitrogens with zero attached hydrogens (tertiary/aromatic N) is 4. The highest BCUT2D eigenvalue weighted by molar-refractivity contribution is 7.19. The molecule has 1 amide bonds. The molecular weight excluding hydrogens is 338 g/mol. The summed E-state index contributed by atoms with van der Waals surface area (Å²) in [7, 11) is 3.89. The second kappa shape index (κ2) is 7.12. The van der Waals surface area contributed by atoms with Crippen molar-refractivity contribution in [2.75, 3.05) is 26.0 Å². The molecule has 0 unspecified atom stereocenters. The minimum absolute atomic E-state index is 0.187. The van der Waals surface area contributed by atoms with Gasteiger partial charge in [0, 0.05) is 24.2 Å². The number of anilines is 1. The van der Waals surface area contributed by atoms with E-state index in [2.05, 4.69) is 15.3 Å². The number of carbonyl (C=O) groups excluding carboxylic acids is 1. The third kappa shape index (κ3) is 3.59. The van der Waals surface area contributed by atoms with Crippen molar-refractivity contribution >= 4 is 33.1 Å². The second-order valence-electron chi connectivity index (χ2n) is 5.96. The number of aromatic nitrogens is 3. The number of amides is 1. The Balaban J connectivity index is 2.02. The maximum Gasteiger partial charge on any atom is 0.262 e. The summed E-state index contributed by atoms with van der Waals surface area (Å²) in [5, 5.41) is 3.18. The largest absolute Gasteiger partial charge is 0.321 e. The van der Waals surface area contributed by atoms with Crippen LogP contribution in [0.4, 0.5) is 5.69 Å². The zero-order valence-corrected chi connectivity index (χ0v) is 15.1. The topological polar surface area (TPSA) is 80.1 Å². The number of nitrogens with one attached hydrogen (secondary N) is 1. The van der Waals surface area contributed by atoms with Crippen LogP contribution in [0.1, 0.15) is 15.2 Å². The van der Waals surface area contributed by atoms with Crippen LogP contribution in [0.5, 0.6) is 0 Å². The third-order valence-corrected chi connectivity index (χ3v) is 4.80. The van der Waals surface area contributed by atoms with Gasteiger partial charge >= 0.3 is 0 Å². The van der Waals surface area contributed by atoms with Crippen LogP contribution in [0.2, 0.25) is 0 Å². The van der Waals surface area contributed by atoms with E-state index in [-0.39, 0.29) is 11.5 Å². The molecule has 3 rings (SSSR count). The van der Waals surface area contributed by atoms with E-state index in [1.807, 2.05) is 25.9 Å². The van der Waals surface area contributed by atoms with Crippen molar-refractivity contribution in [2.24, 2.45) is 0 Å². The number of likely N-dealkylation sites (N-methyl/N-ethyl adjacent to an activating group) is 1. The molecule has 3 aromatic rings. The monoisotopic (exact) mass is 357 g/mol. The molecule has 0 aliphatic heterocycles. The molecule has 8 heteroatoms. The van der Waals surface area contributed by atoms with Gasteiger partial charge in [0.1, 0.15) is 4.83 Å². The van der Waals surface area contributed by atoms with Crippen LogP contribution in [0.25, 0.3) is 10.2 Å². The first-order valence-corrected chi connectivity index (χ1v) is 8.63. The molecule has 7 nitrogen and oxygen atoms in total. The summed E-state index contributed by atoms with van der Waals surface area (Å²) in [6.45, 7) is 3.06. The summed E-state index contributed by atoms with van der Waals surface area (Å²) in [5.74, 6) is -0.319. The molecule has 130 valence electrons. The maximum absolute atomic E-state index is 12.9. The van der Waals surface area contributed by atoms with Gasteiger partial charge in [-0.25, -0.2) is 4.98 Å². The highest BCUT2D eigenvalue weighted by atomic mass is 32.1. The molecule has 0 spiro atoms. The normalized spacial score (nSPS) is 11.2. The molecule has 3 heterocycles. The molecule has 0 saturated heterocycles. The lowest BCUT2D eigenvalue weighted by atomic mass is 10.1. The van der Waals surface area contributed by atoms with E-state index in [1.165, 1.54) is 11.3 Å². The third-order valence-electron chi connectivity index (χ3n) is 3.79. The van der Waals surface area contributed by atoms with Gasteiger partial charge in [-0.1, -0.05) is 0 Å². The summed E-state index contributed by atoms with van der Waals surface area (Å²) in [5.41, 5.74) is 0.788. The smallest absolute Gasteiger partial charge is 0.262 e. The van der Waals surface area contributed by atoms with Gasteiger partial charge < -0.3 is 10.2 Å². The second-order valence-corrected chi connectivity index (χ2v) is 7.16. The van der Waals surface area contributed by atoms with Crippen molar-refractivity contribution in [3.05, 3.63) is 51.6 Å². The van der Waals surface area contributed by atoms with Crippen LogP contribution in [-0.4, -0.2) is 46.0 Å². The molecule has 0 atom stereocenters. The number of aryl methyl sites for hydroxylation is 1. The average Bonchev–Trinajstić information content (AvgIpc) is 2.92. The van der Waals surface area contributed by atoms with Gasteiger partial charge in [0.15, 0.2) is 0 Å². The van der Waals surface area contributed by atoms with Crippen LogP contribution in [0, 0.1) is 6.92 Å².